The molecule has 0 radical (unpaired) electrons. The molecule has 0 spiro atoms. The van der Waals surface area contributed by atoms with Crippen molar-refractivity contribution in [3.05, 3.63) is 47.4 Å². The molecule has 2 aromatic rings. The molecule has 1 aliphatic heterocycles. The standard InChI is InChI=1S/C15H16N2O4/c16-8-10-1-3-12-14(7-10)20-6-5-17(12)9-11-2-4-13(21-11)15(18)19/h1-4,7H,5-6,8-9,16H2,(H,18,19). The van der Waals surface area contributed by atoms with Crippen LogP contribution in [0.25, 0.3) is 0 Å². The van der Waals surface area contributed by atoms with Gasteiger partial charge in [0, 0.05) is 6.54 Å². The molecule has 0 saturated heterocycles. The van der Waals surface area contributed by atoms with Crippen molar-refractivity contribution in [2.45, 2.75) is 13.1 Å². The average Bonchev–Trinajstić information content (AvgIpc) is 2.96. The predicted octanol–water partition coefficient (Wildman–Crippen LogP) is 1.84. The largest absolute Gasteiger partial charge is 0.490 e. The second-order valence-electron chi connectivity index (χ2n) is 4.85. The molecule has 3 rings (SSSR count). The monoisotopic (exact) mass is 288 g/mol. The van der Waals surface area contributed by atoms with Gasteiger partial charge in [-0.15, -0.1) is 0 Å². The maximum absolute atomic E-state index is 10.8. The van der Waals surface area contributed by atoms with Crippen molar-refractivity contribution in [3.8, 4) is 5.75 Å². The van der Waals surface area contributed by atoms with Crippen LogP contribution in [0, 0.1) is 0 Å². The molecule has 2 heterocycles. The Bertz CT molecular complexity index is 665. The minimum Gasteiger partial charge on any atom is -0.490 e. The van der Waals surface area contributed by atoms with Gasteiger partial charge >= 0.3 is 5.97 Å². The van der Waals surface area contributed by atoms with Crippen LogP contribution in [0.1, 0.15) is 21.9 Å². The normalized spacial score (nSPS) is 13.7. The summed E-state index contributed by atoms with van der Waals surface area (Å²) in [7, 11) is 0. The Morgan fingerprint density at radius 1 is 1.33 bits per heavy atom. The molecule has 1 aromatic heterocycles. The summed E-state index contributed by atoms with van der Waals surface area (Å²) in [5.74, 6) is 0.311. The van der Waals surface area contributed by atoms with Crippen LogP contribution in [-0.2, 0) is 13.1 Å². The molecule has 0 atom stereocenters. The molecule has 0 aliphatic carbocycles. The van der Waals surface area contributed by atoms with Crippen molar-refractivity contribution in [1.29, 1.82) is 0 Å². The van der Waals surface area contributed by atoms with Crippen molar-refractivity contribution in [3.63, 3.8) is 0 Å². The molecule has 6 nitrogen and oxygen atoms in total. The van der Waals surface area contributed by atoms with E-state index in [9.17, 15) is 4.79 Å². The molecule has 0 unspecified atom stereocenters. The van der Waals surface area contributed by atoms with Crippen LogP contribution in [0.4, 0.5) is 5.69 Å². The van der Waals surface area contributed by atoms with E-state index in [2.05, 4.69) is 4.90 Å². The van der Waals surface area contributed by atoms with Gasteiger partial charge in [0.15, 0.2) is 0 Å². The van der Waals surface area contributed by atoms with Crippen molar-refractivity contribution in [2.24, 2.45) is 5.73 Å². The SMILES string of the molecule is NCc1ccc2c(c1)OCCN2Cc1ccc(C(=O)O)o1. The first-order chi connectivity index (χ1) is 10.2. The van der Waals surface area contributed by atoms with Crippen molar-refractivity contribution in [2.75, 3.05) is 18.1 Å². The number of hydrogen-bond donors (Lipinski definition) is 2. The lowest BCUT2D eigenvalue weighted by atomic mass is 10.1. The molecule has 21 heavy (non-hydrogen) atoms. The first kappa shape index (κ1) is 13.5. The highest BCUT2D eigenvalue weighted by atomic mass is 16.5. The number of nitrogens with two attached hydrogens (primary N) is 1. The number of carbonyl (C=O) groups is 1. The summed E-state index contributed by atoms with van der Waals surface area (Å²) < 4.78 is 11.0. The van der Waals surface area contributed by atoms with Crippen molar-refractivity contribution < 1.29 is 19.1 Å². The van der Waals surface area contributed by atoms with E-state index in [1.54, 1.807) is 6.07 Å². The lowest BCUT2D eigenvalue weighted by molar-refractivity contribution is 0.0660. The number of ether oxygens (including phenoxy) is 1. The second-order valence-corrected chi connectivity index (χ2v) is 4.85. The molecule has 0 fully saturated rings. The number of nitrogens with zero attached hydrogens (tertiary/aromatic N) is 1. The van der Waals surface area contributed by atoms with Gasteiger partial charge in [-0.2, -0.15) is 0 Å². The first-order valence-corrected chi connectivity index (χ1v) is 6.70. The fraction of sp³-hybridized carbons (Fsp3) is 0.267. The first-order valence-electron chi connectivity index (χ1n) is 6.70. The van der Waals surface area contributed by atoms with Gasteiger partial charge in [0.05, 0.1) is 18.8 Å². The van der Waals surface area contributed by atoms with Gasteiger partial charge in [-0.1, -0.05) is 6.07 Å². The zero-order valence-electron chi connectivity index (χ0n) is 11.4. The summed E-state index contributed by atoms with van der Waals surface area (Å²) in [6, 6.07) is 9.03. The molecule has 3 N–H and O–H groups in total. The summed E-state index contributed by atoms with van der Waals surface area (Å²) in [5.41, 5.74) is 7.61. The summed E-state index contributed by atoms with van der Waals surface area (Å²) >= 11 is 0. The van der Waals surface area contributed by atoms with Crippen LogP contribution in [0.5, 0.6) is 5.75 Å². The second kappa shape index (κ2) is 5.49. The summed E-state index contributed by atoms with van der Waals surface area (Å²) in [6.07, 6.45) is 0. The maximum atomic E-state index is 10.8. The Hall–Kier alpha value is -2.47. The summed E-state index contributed by atoms with van der Waals surface area (Å²) in [4.78, 5) is 12.9. The lowest BCUT2D eigenvalue weighted by Crippen LogP contribution is -2.32. The number of furan rings is 1. The topological polar surface area (TPSA) is 88.9 Å². The van der Waals surface area contributed by atoms with E-state index in [0.717, 1.165) is 23.5 Å². The van der Waals surface area contributed by atoms with Crippen molar-refractivity contribution >= 4 is 11.7 Å². The van der Waals surface area contributed by atoms with E-state index < -0.39 is 5.97 Å². The molecule has 6 heteroatoms. The molecular weight excluding hydrogens is 272 g/mol. The van der Waals surface area contributed by atoms with Gasteiger partial charge < -0.3 is 24.9 Å². The highest BCUT2D eigenvalue weighted by Crippen LogP contribution is 2.33. The van der Waals surface area contributed by atoms with E-state index in [0.29, 0.717) is 25.5 Å². The number of anilines is 1. The van der Waals surface area contributed by atoms with Crippen LogP contribution >= 0.6 is 0 Å². The molecule has 110 valence electrons. The number of fused-ring (bicyclic) bond motifs is 1. The zero-order valence-corrected chi connectivity index (χ0v) is 11.4. The van der Waals surface area contributed by atoms with Gasteiger partial charge in [0.1, 0.15) is 18.1 Å². The van der Waals surface area contributed by atoms with Gasteiger partial charge in [0.25, 0.3) is 0 Å². The molecule has 0 amide bonds. The molecular formula is C15H16N2O4. The minimum absolute atomic E-state index is 0.0445. The highest BCUT2D eigenvalue weighted by molar-refractivity contribution is 5.84. The fourth-order valence-electron chi connectivity index (χ4n) is 2.38. The smallest absolute Gasteiger partial charge is 0.371 e. The van der Waals surface area contributed by atoms with Crippen LogP contribution < -0.4 is 15.4 Å². The minimum atomic E-state index is -1.06. The number of rotatable bonds is 4. The quantitative estimate of drug-likeness (QED) is 0.892. The third-order valence-corrected chi connectivity index (χ3v) is 3.44. The molecule has 0 bridgehead atoms. The van der Waals surface area contributed by atoms with Gasteiger partial charge in [-0.25, -0.2) is 4.79 Å². The predicted molar refractivity (Wildman–Crippen MR) is 76.5 cm³/mol. The zero-order chi connectivity index (χ0) is 14.8. The van der Waals surface area contributed by atoms with Gasteiger partial charge in [-0.05, 0) is 29.8 Å². The lowest BCUT2D eigenvalue weighted by Gasteiger charge is -2.30. The van der Waals surface area contributed by atoms with Crippen LogP contribution in [0.15, 0.2) is 34.7 Å². The molecule has 1 aromatic carbocycles. The van der Waals surface area contributed by atoms with Crippen LogP contribution in [-0.4, -0.2) is 24.2 Å². The summed E-state index contributed by atoms with van der Waals surface area (Å²) in [6.45, 7) is 2.27. The van der Waals surface area contributed by atoms with Crippen molar-refractivity contribution in [1.82, 2.24) is 0 Å². The van der Waals surface area contributed by atoms with E-state index >= 15 is 0 Å². The van der Waals surface area contributed by atoms with E-state index in [1.165, 1.54) is 6.07 Å². The van der Waals surface area contributed by atoms with E-state index in [1.807, 2.05) is 18.2 Å². The molecule has 1 aliphatic rings. The Labute approximate surface area is 121 Å². The number of carboxylic acids is 1. The highest BCUT2D eigenvalue weighted by Gasteiger charge is 2.20. The Morgan fingerprint density at radius 3 is 2.90 bits per heavy atom. The number of hydrogen-bond acceptors (Lipinski definition) is 5. The summed E-state index contributed by atoms with van der Waals surface area (Å²) in [5, 5.41) is 8.88. The fourth-order valence-corrected chi connectivity index (χ4v) is 2.38. The maximum Gasteiger partial charge on any atom is 0.371 e. The Balaban J connectivity index is 1.82. The van der Waals surface area contributed by atoms with Gasteiger partial charge in [-0.3, -0.25) is 0 Å². The number of benzene rings is 1. The third-order valence-electron chi connectivity index (χ3n) is 3.44. The van der Waals surface area contributed by atoms with Crippen LogP contribution in [0.3, 0.4) is 0 Å². The van der Waals surface area contributed by atoms with Crippen LogP contribution in [0.2, 0.25) is 0 Å². The van der Waals surface area contributed by atoms with E-state index in [-0.39, 0.29) is 5.76 Å². The number of aromatic carboxylic acids is 1. The Morgan fingerprint density at radius 2 is 2.19 bits per heavy atom. The third kappa shape index (κ3) is 2.71. The average molecular weight is 288 g/mol. The Kier molecular flexibility index (Phi) is 3.53. The molecule has 0 saturated carbocycles. The number of carboxylic acid groups (broad SMARTS) is 1. The van der Waals surface area contributed by atoms with E-state index in [4.69, 9.17) is 20.0 Å². The van der Waals surface area contributed by atoms with Gasteiger partial charge in [0.2, 0.25) is 5.76 Å².